The zero-order valence-electron chi connectivity index (χ0n) is 12.9. The number of aliphatic hydroxyl groups is 1. The van der Waals surface area contributed by atoms with Gasteiger partial charge in [-0.3, -0.25) is 0 Å². The first-order valence-corrected chi connectivity index (χ1v) is 8.90. The number of rotatable bonds is 8. The molecule has 0 aromatic rings. The average molecular weight is 307 g/mol. The second-order valence-electron chi connectivity index (χ2n) is 5.77. The van der Waals surface area contributed by atoms with Crippen molar-refractivity contribution in [3.05, 3.63) is 0 Å². The Bertz CT molecular complexity index is 373. The van der Waals surface area contributed by atoms with E-state index in [9.17, 15) is 13.5 Å². The molecule has 0 saturated carbocycles. The van der Waals surface area contributed by atoms with Crippen molar-refractivity contribution < 1.29 is 13.5 Å². The van der Waals surface area contributed by atoms with Gasteiger partial charge in [0.2, 0.25) is 0 Å². The highest BCUT2D eigenvalue weighted by atomic mass is 32.2. The van der Waals surface area contributed by atoms with Gasteiger partial charge in [0.05, 0.1) is 6.61 Å². The molecule has 0 aliphatic carbocycles. The number of nitrogens with one attached hydrogen (secondary N) is 1. The quantitative estimate of drug-likeness (QED) is 0.637. The lowest BCUT2D eigenvalue weighted by atomic mass is 10.1. The lowest BCUT2D eigenvalue weighted by molar-refractivity contribution is 0.154. The minimum absolute atomic E-state index is 0.100. The summed E-state index contributed by atoms with van der Waals surface area (Å²) in [7, 11) is -1.42. The van der Waals surface area contributed by atoms with Crippen molar-refractivity contribution in [3.63, 3.8) is 0 Å². The Kier molecular flexibility index (Phi) is 7.39. The van der Waals surface area contributed by atoms with Crippen molar-refractivity contribution in [1.82, 2.24) is 13.9 Å². The van der Waals surface area contributed by atoms with Crippen molar-refractivity contribution in [2.75, 3.05) is 33.3 Å². The molecule has 120 valence electrons. The van der Waals surface area contributed by atoms with E-state index >= 15 is 0 Å². The molecule has 0 bridgehead atoms. The Hall–Kier alpha value is -0.210. The molecule has 1 fully saturated rings. The molecule has 1 aliphatic rings. The molecule has 1 rings (SSSR count). The zero-order valence-corrected chi connectivity index (χ0v) is 13.7. The van der Waals surface area contributed by atoms with Gasteiger partial charge >= 0.3 is 0 Å². The maximum atomic E-state index is 12.2. The molecule has 1 heterocycles. The zero-order chi connectivity index (χ0) is 15.2. The third-order valence-electron chi connectivity index (χ3n) is 3.95. The van der Waals surface area contributed by atoms with Crippen LogP contribution in [0.5, 0.6) is 0 Å². The summed E-state index contributed by atoms with van der Waals surface area (Å²) >= 11 is 0. The maximum Gasteiger partial charge on any atom is 0.279 e. The fraction of sp³-hybridized carbons (Fsp3) is 1.00. The van der Waals surface area contributed by atoms with E-state index in [0.717, 1.165) is 32.2 Å². The van der Waals surface area contributed by atoms with Gasteiger partial charge in [0.15, 0.2) is 0 Å². The summed E-state index contributed by atoms with van der Waals surface area (Å²) in [6.07, 6.45) is 3.38. The van der Waals surface area contributed by atoms with E-state index in [4.69, 9.17) is 0 Å². The third kappa shape index (κ3) is 5.29. The molecule has 20 heavy (non-hydrogen) atoms. The summed E-state index contributed by atoms with van der Waals surface area (Å²) in [6.45, 7) is 5.94. The summed E-state index contributed by atoms with van der Waals surface area (Å²) in [6, 6.07) is 0.201. The summed E-state index contributed by atoms with van der Waals surface area (Å²) in [5.41, 5.74) is 0. The van der Waals surface area contributed by atoms with Crippen molar-refractivity contribution in [2.45, 2.75) is 51.6 Å². The average Bonchev–Trinajstić information content (AvgIpc) is 2.43. The highest BCUT2D eigenvalue weighted by Crippen LogP contribution is 2.19. The number of aliphatic hydroxyl groups excluding tert-OH is 1. The van der Waals surface area contributed by atoms with Crippen LogP contribution in [0.1, 0.15) is 39.5 Å². The van der Waals surface area contributed by atoms with Crippen LogP contribution in [-0.2, 0) is 10.2 Å². The molecule has 1 saturated heterocycles. The van der Waals surface area contributed by atoms with Crippen LogP contribution in [0, 0.1) is 0 Å². The predicted molar refractivity (Wildman–Crippen MR) is 80.7 cm³/mol. The molecule has 0 aromatic carbocycles. The van der Waals surface area contributed by atoms with Gasteiger partial charge in [-0.1, -0.05) is 6.42 Å². The Morgan fingerprint density at radius 3 is 2.70 bits per heavy atom. The summed E-state index contributed by atoms with van der Waals surface area (Å²) in [4.78, 5) is 2.19. The second kappa shape index (κ2) is 8.29. The third-order valence-corrected chi connectivity index (χ3v) is 5.61. The molecule has 6 nitrogen and oxygen atoms in total. The fourth-order valence-corrected chi connectivity index (χ4v) is 3.85. The van der Waals surface area contributed by atoms with Crippen molar-refractivity contribution in [3.8, 4) is 0 Å². The molecule has 0 aromatic heterocycles. The molecule has 1 atom stereocenters. The smallest absolute Gasteiger partial charge is 0.279 e. The fourth-order valence-electron chi connectivity index (χ4n) is 2.34. The van der Waals surface area contributed by atoms with Crippen molar-refractivity contribution in [2.24, 2.45) is 0 Å². The van der Waals surface area contributed by atoms with Crippen LogP contribution < -0.4 is 4.72 Å². The molecule has 0 radical (unpaired) electrons. The number of hydrogen-bond donors (Lipinski definition) is 2. The Morgan fingerprint density at radius 1 is 1.40 bits per heavy atom. The predicted octanol–water partition coefficient (Wildman–Crippen LogP) is 0.398. The van der Waals surface area contributed by atoms with Gasteiger partial charge in [0, 0.05) is 25.2 Å². The molecule has 1 unspecified atom stereocenters. The minimum Gasteiger partial charge on any atom is -0.395 e. The second-order valence-corrected chi connectivity index (χ2v) is 7.48. The number of nitrogens with zero attached hydrogens (tertiary/aromatic N) is 2. The van der Waals surface area contributed by atoms with E-state index in [1.54, 1.807) is 0 Å². The first-order chi connectivity index (χ1) is 9.38. The lowest BCUT2D eigenvalue weighted by Gasteiger charge is -2.33. The van der Waals surface area contributed by atoms with E-state index in [1.807, 2.05) is 7.05 Å². The van der Waals surface area contributed by atoms with Crippen LogP contribution in [-0.4, -0.2) is 68.1 Å². The normalized spacial score (nSPS) is 21.8. The Balaban J connectivity index is 2.40. The van der Waals surface area contributed by atoms with E-state index in [2.05, 4.69) is 23.5 Å². The highest BCUT2D eigenvalue weighted by Gasteiger charge is 2.31. The monoisotopic (exact) mass is 307 g/mol. The van der Waals surface area contributed by atoms with Crippen LogP contribution >= 0.6 is 0 Å². The van der Waals surface area contributed by atoms with Gasteiger partial charge in [0.1, 0.15) is 0 Å². The van der Waals surface area contributed by atoms with Crippen molar-refractivity contribution >= 4 is 10.2 Å². The molecular weight excluding hydrogens is 278 g/mol. The molecule has 1 aliphatic heterocycles. The molecule has 0 spiro atoms. The minimum atomic E-state index is -3.46. The molecule has 0 amide bonds. The highest BCUT2D eigenvalue weighted by molar-refractivity contribution is 7.87. The van der Waals surface area contributed by atoms with Crippen LogP contribution in [0.3, 0.4) is 0 Å². The first kappa shape index (κ1) is 17.8. The van der Waals surface area contributed by atoms with Crippen LogP contribution in [0.4, 0.5) is 0 Å². The number of piperidine rings is 1. The summed E-state index contributed by atoms with van der Waals surface area (Å²) in [5, 5.41) is 9.29. The van der Waals surface area contributed by atoms with Gasteiger partial charge in [-0.15, -0.1) is 0 Å². The topological polar surface area (TPSA) is 72.9 Å². The maximum absolute atomic E-state index is 12.2. The first-order valence-electron chi connectivity index (χ1n) is 7.46. The van der Waals surface area contributed by atoms with Gasteiger partial charge in [-0.2, -0.15) is 12.7 Å². The van der Waals surface area contributed by atoms with Gasteiger partial charge in [-0.25, -0.2) is 4.72 Å². The number of hydrogen-bond acceptors (Lipinski definition) is 4. The standard InChI is InChI=1S/C13H29N3O3S/c1-12(2)15(3)9-6-8-14-20(18,19)16-10-5-4-7-13(16)11-17/h12-14,17H,4-11H2,1-3H3. The van der Waals surface area contributed by atoms with Gasteiger partial charge < -0.3 is 10.0 Å². The Morgan fingerprint density at radius 2 is 2.10 bits per heavy atom. The van der Waals surface area contributed by atoms with E-state index in [1.165, 1.54) is 4.31 Å². The van der Waals surface area contributed by atoms with Crippen molar-refractivity contribution in [1.29, 1.82) is 0 Å². The molecule has 7 heteroatoms. The lowest BCUT2D eigenvalue weighted by Crippen LogP contribution is -2.50. The van der Waals surface area contributed by atoms with Gasteiger partial charge in [-0.05, 0) is 46.7 Å². The summed E-state index contributed by atoms with van der Waals surface area (Å²) < 4.78 is 28.5. The van der Waals surface area contributed by atoms with E-state index in [0.29, 0.717) is 19.1 Å². The van der Waals surface area contributed by atoms with Gasteiger partial charge in [0.25, 0.3) is 10.2 Å². The summed E-state index contributed by atoms with van der Waals surface area (Å²) in [5.74, 6) is 0. The van der Waals surface area contributed by atoms with Crippen LogP contribution in [0.25, 0.3) is 0 Å². The van der Waals surface area contributed by atoms with Crippen LogP contribution in [0.15, 0.2) is 0 Å². The van der Waals surface area contributed by atoms with E-state index in [-0.39, 0.29) is 12.6 Å². The molecule has 2 N–H and O–H groups in total. The SMILES string of the molecule is CC(C)N(C)CCCNS(=O)(=O)N1CCCCC1CO. The van der Waals surface area contributed by atoms with Crippen LogP contribution in [0.2, 0.25) is 0 Å². The molecular formula is C13H29N3O3S. The largest absolute Gasteiger partial charge is 0.395 e. The Labute approximate surface area is 123 Å². The van der Waals surface area contributed by atoms with E-state index < -0.39 is 10.2 Å².